The van der Waals surface area contributed by atoms with Crippen LogP contribution in [-0.4, -0.2) is 70.3 Å². The van der Waals surface area contributed by atoms with Crippen LogP contribution < -0.4 is 20.9 Å². The first-order chi connectivity index (χ1) is 15.3. The van der Waals surface area contributed by atoms with Crippen molar-refractivity contribution in [3.05, 3.63) is 52.0 Å². The van der Waals surface area contributed by atoms with Crippen LogP contribution in [0.1, 0.15) is 10.4 Å². The first kappa shape index (κ1) is 24.1. The van der Waals surface area contributed by atoms with Crippen molar-refractivity contribution in [1.29, 1.82) is 0 Å². The van der Waals surface area contributed by atoms with Crippen molar-refractivity contribution in [2.45, 2.75) is 0 Å². The van der Waals surface area contributed by atoms with Gasteiger partial charge in [-0.25, -0.2) is 4.79 Å². The number of rotatable bonds is 7. The Morgan fingerprint density at radius 3 is 2.56 bits per heavy atom. The van der Waals surface area contributed by atoms with E-state index in [1.54, 1.807) is 36.4 Å². The van der Waals surface area contributed by atoms with Gasteiger partial charge in [-0.2, -0.15) is 0 Å². The second-order valence-corrected chi connectivity index (χ2v) is 8.30. The number of morpholine rings is 1. The van der Waals surface area contributed by atoms with Gasteiger partial charge in [-0.15, -0.1) is 0 Å². The fraction of sp³-hybridized carbons (Fsp3) is 0.364. The van der Waals surface area contributed by atoms with E-state index in [0.29, 0.717) is 28.5 Å². The molecule has 3 N–H and O–H groups in total. The lowest BCUT2D eigenvalue weighted by Gasteiger charge is -2.26. The molecule has 1 aliphatic heterocycles. The maximum atomic E-state index is 12.9. The maximum Gasteiger partial charge on any atom is 0.323 e. The zero-order chi connectivity index (χ0) is 23.1. The van der Waals surface area contributed by atoms with Crippen LogP contribution in [0.3, 0.4) is 0 Å². The molecule has 1 heterocycles. The summed E-state index contributed by atoms with van der Waals surface area (Å²) in [6.45, 7) is 4.45. The van der Waals surface area contributed by atoms with Crippen molar-refractivity contribution in [3.63, 3.8) is 0 Å². The van der Waals surface area contributed by atoms with Gasteiger partial charge in [0.25, 0.3) is 5.91 Å². The molecule has 8 nitrogen and oxygen atoms in total. The summed E-state index contributed by atoms with van der Waals surface area (Å²) in [5.41, 5.74) is 2.08. The van der Waals surface area contributed by atoms with E-state index in [9.17, 15) is 9.59 Å². The molecule has 0 spiro atoms. The number of nitrogens with one attached hydrogen (secondary N) is 3. The number of halogens is 2. The SMILES string of the molecule is CN(C)c1ccc(NC(=O)Nc2cccc(Cl)c2Cl)cc1C(=O)NCCN1CCOCC1. The molecule has 1 aliphatic rings. The Balaban J connectivity index is 1.65. The summed E-state index contributed by atoms with van der Waals surface area (Å²) in [6, 6.07) is 9.66. The number of hydrogen-bond donors (Lipinski definition) is 3. The molecule has 0 saturated carbocycles. The largest absolute Gasteiger partial charge is 0.379 e. The van der Waals surface area contributed by atoms with Gasteiger partial charge in [0.15, 0.2) is 0 Å². The molecular formula is C22H27Cl2N5O3. The Labute approximate surface area is 197 Å². The number of nitrogens with zero attached hydrogens (tertiary/aromatic N) is 2. The molecule has 0 radical (unpaired) electrons. The lowest BCUT2D eigenvalue weighted by Crippen LogP contribution is -2.41. The Morgan fingerprint density at radius 2 is 1.84 bits per heavy atom. The molecule has 1 fully saturated rings. The topological polar surface area (TPSA) is 85.9 Å². The number of anilines is 3. The minimum atomic E-state index is -0.495. The number of amides is 3. The summed E-state index contributed by atoms with van der Waals surface area (Å²) in [6.07, 6.45) is 0. The molecule has 32 heavy (non-hydrogen) atoms. The van der Waals surface area contributed by atoms with Crippen LogP contribution in [0.2, 0.25) is 10.0 Å². The van der Waals surface area contributed by atoms with E-state index in [4.69, 9.17) is 27.9 Å². The molecule has 3 amide bonds. The van der Waals surface area contributed by atoms with E-state index in [0.717, 1.165) is 38.5 Å². The van der Waals surface area contributed by atoms with E-state index in [1.807, 2.05) is 19.0 Å². The predicted octanol–water partition coefficient (Wildman–Crippen LogP) is 3.77. The Kier molecular flexibility index (Phi) is 8.58. The molecule has 10 heteroatoms. The summed E-state index contributed by atoms with van der Waals surface area (Å²) >= 11 is 12.1. The molecule has 0 aromatic heterocycles. The molecular weight excluding hydrogens is 453 g/mol. The third-order valence-corrected chi connectivity index (χ3v) is 5.82. The summed E-state index contributed by atoms with van der Waals surface area (Å²) in [5.74, 6) is -0.205. The summed E-state index contributed by atoms with van der Waals surface area (Å²) in [5, 5.41) is 8.96. The lowest BCUT2D eigenvalue weighted by molar-refractivity contribution is 0.0383. The van der Waals surface area contributed by atoms with Crippen LogP contribution in [0.15, 0.2) is 36.4 Å². The minimum absolute atomic E-state index is 0.205. The van der Waals surface area contributed by atoms with Crippen molar-refractivity contribution >= 4 is 52.2 Å². The summed E-state index contributed by atoms with van der Waals surface area (Å²) < 4.78 is 5.35. The number of ether oxygens (including phenoxy) is 1. The molecule has 3 rings (SSSR count). The van der Waals surface area contributed by atoms with Crippen molar-refractivity contribution in [2.24, 2.45) is 0 Å². The summed E-state index contributed by atoms with van der Waals surface area (Å²) in [4.78, 5) is 29.4. The van der Waals surface area contributed by atoms with E-state index in [2.05, 4.69) is 20.9 Å². The molecule has 172 valence electrons. The highest BCUT2D eigenvalue weighted by Crippen LogP contribution is 2.30. The van der Waals surface area contributed by atoms with Crippen molar-refractivity contribution < 1.29 is 14.3 Å². The molecule has 0 bridgehead atoms. The molecule has 0 unspecified atom stereocenters. The fourth-order valence-electron chi connectivity index (χ4n) is 3.32. The highest BCUT2D eigenvalue weighted by Gasteiger charge is 2.16. The van der Waals surface area contributed by atoms with E-state index >= 15 is 0 Å². The van der Waals surface area contributed by atoms with Crippen LogP contribution >= 0.6 is 23.2 Å². The first-order valence-electron chi connectivity index (χ1n) is 10.3. The van der Waals surface area contributed by atoms with Gasteiger partial charge in [0, 0.05) is 51.6 Å². The van der Waals surface area contributed by atoms with Gasteiger partial charge < -0.3 is 25.6 Å². The molecule has 1 saturated heterocycles. The number of carbonyl (C=O) groups is 2. The average molecular weight is 480 g/mol. The first-order valence-corrected chi connectivity index (χ1v) is 11.0. The van der Waals surface area contributed by atoms with Crippen LogP contribution in [0.5, 0.6) is 0 Å². The van der Waals surface area contributed by atoms with Crippen molar-refractivity contribution in [3.8, 4) is 0 Å². The zero-order valence-electron chi connectivity index (χ0n) is 18.1. The normalized spacial score (nSPS) is 14.0. The molecule has 0 aliphatic carbocycles. The van der Waals surface area contributed by atoms with E-state index in [1.165, 1.54) is 0 Å². The fourth-order valence-corrected chi connectivity index (χ4v) is 3.67. The van der Waals surface area contributed by atoms with Crippen LogP contribution in [0.25, 0.3) is 0 Å². The molecule has 2 aromatic carbocycles. The van der Waals surface area contributed by atoms with Gasteiger partial charge in [0.2, 0.25) is 0 Å². The Morgan fingerprint density at radius 1 is 1.09 bits per heavy atom. The predicted molar refractivity (Wildman–Crippen MR) is 129 cm³/mol. The number of urea groups is 1. The van der Waals surface area contributed by atoms with Gasteiger partial charge in [-0.1, -0.05) is 29.3 Å². The second kappa shape index (κ2) is 11.4. The van der Waals surface area contributed by atoms with Crippen LogP contribution in [-0.2, 0) is 4.74 Å². The smallest absolute Gasteiger partial charge is 0.323 e. The molecule has 0 atom stereocenters. The van der Waals surface area contributed by atoms with Gasteiger partial charge in [-0.3, -0.25) is 9.69 Å². The maximum absolute atomic E-state index is 12.9. The number of carbonyl (C=O) groups excluding carboxylic acids is 2. The highest BCUT2D eigenvalue weighted by molar-refractivity contribution is 6.44. The van der Waals surface area contributed by atoms with Crippen LogP contribution in [0.4, 0.5) is 21.9 Å². The van der Waals surface area contributed by atoms with Gasteiger partial charge in [0.1, 0.15) is 0 Å². The van der Waals surface area contributed by atoms with E-state index < -0.39 is 6.03 Å². The van der Waals surface area contributed by atoms with Crippen molar-refractivity contribution in [1.82, 2.24) is 10.2 Å². The number of benzene rings is 2. The van der Waals surface area contributed by atoms with Crippen LogP contribution in [0, 0.1) is 0 Å². The van der Waals surface area contributed by atoms with Gasteiger partial charge in [0.05, 0.1) is 34.5 Å². The Bertz CT molecular complexity index is 965. The monoisotopic (exact) mass is 479 g/mol. The summed E-state index contributed by atoms with van der Waals surface area (Å²) in [7, 11) is 3.72. The second-order valence-electron chi connectivity index (χ2n) is 7.52. The lowest BCUT2D eigenvalue weighted by atomic mass is 10.1. The number of hydrogen-bond acceptors (Lipinski definition) is 5. The third kappa shape index (κ3) is 6.49. The third-order valence-electron chi connectivity index (χ3n) is 5.00. The van der Waals surface area contributed by atoms with Gasteiger partial charge >= 0.3 is 6.03 Å². The molecule has 2 aromatic rings. The van der Waals surface area contributed by atoms with Crippen molar-refractivity contribution in [2.75, 3.05) is 69.0 Å². The zero-order valence-corrected chi connectivity index (χ0v) is 19.6. The highest BCUT2D eigenvalue weighted by atomic mass is 35.5. The standard InChI is InChI=1S/C22H27Cl2N5O3/c1-28(2)19-7-6-15(26-22(31)27-18-5-3-4-17(23)20(18)24)14-16(19)21(30)25-8-9-29-10-12-32-13-11-29/h3-7,14H,8-13H2,1-2H3,(H,25,30)(H2,26,27,31). The average Bonchev–Trinajstić information content (AvgIpc) is 2.77. The minimum Gasteiger partial charge on any atom is -0.379 e. The Hall–Kier alpha value is -2.52. The quantitative estimate of drug-likeness (QED) is 0.562. The van der Waals surface area contributed by atoms with E-state index in [-0.39, 0.29) is 10.9 Å². The van der Waals surface area contributed by atoms with Gasteiger partial charge in [-0.05, 0) is 30.3 Å².